The van der Waals surface area contributed by atoms with Gasteiger partial charge in [0.1, 0.15) is 0 Å². The number of ether oxygens (including phenoxy) is 1. The zero-order valence-corrected chi connectivity index (χ0v) is 23.9. The Morgan fingerprint density at radius 2 is 1.67 bits per heavy atom. The smallest absolute Gasteiger partial charge is 0.338 e. The maximum Gasteiger partial charge on any atom is 0.338 e. The van der Waals surface area contributed by atoms with Crippen LogP contribution in [0.3, 0.4) is 0 Å². The van der Waals surface area contributed by atoms with Crippen LogP contribution in [0.15, 0.2) is 95.6 Å². The molecule has 1 fully saturated rings. The van der Waals surface area contributed by atoms with Crippen LogP contribution in [0, 0.1) is 0 Å². The van der Waals surface area contributed by atoms with Crippen LogP contribution < -0.4 is 5.32 Å². The number of esters is 1. The fourth-order valence-corrected chi connectivity index (χ4v) is 5.45. The van der Waals surface area contributed by atoms with Gasteiger partial charge in [-0.15, -0.1) is 0 Å². The van der Waals surface area contributed by atoms with Gasteiger partial charge in [0.2, 0.25) is 0 Å². The number of aromatic nitrogens is 2. The van der Waals surface area contributed by atoms with Crippen LogP contribution in [-0.4, -0.2) is 58.0 Å². The molecule has 9 nitrogen and oxygen atoms in total. The summed E-state index contributed by atoms with van der Waals surface area (Å²) in [4.78, 5) is 45.3. The number of fused-ring (bicyclic) bond motifs is 1. The van der Waals surface area contributed by atoms with Crippen molar-refractivity contribution in [1.82, 2.24) is 19.8 Å². The van der Waals surface area contributed by atoms with Gasteiger partial charge in [0, 0.05) is 25.7 Å². The molecule has 3 aromatic carbocycles. The van der Waals surface area contributed by atoms with Crippen molar-refractivity contribution in [1.29, 1.82) is 0 Å². The Hall–Kier alpha value is -5.18. The lowest BCUT2D eigenvalue weighted by Crippen LogP contribution is -2.47. The molecule has 0 saturated carbocycles. The van der Waals surface area contributed by atoms with E-state index in [1.807, 2.05) is 34.9 Å². The van der Waals surface area contributed by atoms with Gasteiger partial charge in [-0.25, -0.2) is 9.78 Å². The summed E-state index contributed by atoms with van der Waals surface area (Å²) in [6, 6.07) is 26.7. The number of imidazole rings is 1. The van der Waals surface area contributed by atoms with Crippen molar-refractivity contribution in [3.63, 3.8) is 0 Å². The first-order chi connectivity index (χ1) is 21.0. The van der Waals surface area contributed by atoms with Gasteiger partial charge < -0.3 is 23.9 Å². The molecule has 1 aliphatic rings. The first kappa shape index (κ1) is 28.0. The van der Waals surface area contributed by atoms with E-state index in [1.165, 1.54) is 6.26 Å². The van der Waals surface area contributed by atoms with Gasteiger partial charge in [0.25, 0.3) is 11.8 Å². The summed E-state index contributed by atoms with van der Waals surface area (Å²) in [5.41, 5.74) is 4.88. The van der Waals surface area contributed by atoms with E-state index in [4.69, 9.17) is 9.15 Å². The Morgan fingerprint density at radius 1 is 0.930 bits per heavy atom. The number of carbonyl (C=O) groups excluding carboxylic acids is 3. The molecule has 1 aliphatic heterocycles. The highest BCUT2D eigenvalue weighted by Gasteiger charge is 2.28. The maximum atomic E-state index is 13.7. The molecular weight excluding hydrogens is 544 g/mol. The lowest BCUT2D eigenvalue weighted by atomic mass is 10.0. The molecule has 3 heterocycles. The van der Waals surface area contributed by atoms with E-state index < -0.39 is 5.97 Å². The molecule has 0 aliphatic carbocycles. The van der Waals surface area contributed by atoms with Gasteiger partial charge in [-0.1, -0.05) is 54.6 Å². The number of nitrogens with one attached hydrogen (secondary N) is 1. The SMILES string of the molecule is CCOC(=O)c1ccc2nc(C(=O)NC3CCN(C(=O)c4ccco4)CC3)n(Cc3ccc(-c4ccccc4)cc3)c2c1. The Labute approximate surface area is 249 Å². The molecule has 0 spiro atoms. The van der Waals surface area contributed by atoms with Crippen molar-refractivity contribution in [2.75, 3.05) is 19.7 Å². The molecule has 6 rings (SSSR count). The van der Waals surface area contributed by atoms with E-state index >= 15 is 0 Å². The number of benzene rings is 3. The molecule has 1 N–H and O–H groups in total. The minimum atomic E-state index is -0.425. The summed E-state index contributed by atoms with van der Waals surface area (Å²) in [6.45, 7) is 3.44. The van der Waals surface area contributed by atoms with Crippen molar-refractivity contribution < 1.29 is 23.5 Å². The third-order valence-electron chi connectivity index (χ3n) is 7.71. The average molecular weight is 577 g/mol. The molecule has 5 aromatic rings. The molecule has 0 atom stereocenters. The van der Waals surface area contributed by atoms with Crippen molar-refractivity contribution >= 4 is 28.8 Å². The number of nitrogens with zero attached hydrogens (tertiary/aromatic N) is 3. The zero-order valence-electron chi connectivity index (χ0n) is 23.9. The Bertz CT molecular complexity index is 1740. The van der Waals surface area contributed by atoms with Crippen LogP contribution in [0.25, 0.3) is 22.2 Å². The maximum absolute atomic E-state index is 13.7. The van der Waals surface area contributed by atoms with E-state index in [0.717, 1.165) is 16.7 Å². The lowest BCUT2D eigenvalue weighted by molar-refractivity contribution is 0.0525. The summed E-state index contributed by atoms with van der Waals surface area (Å²) in [5, 5.41) is 3.13. The Morgan fingerprint density at radius 3 is 2.37 bits per heavy atom. The molecule has 43 heavy (non-hydrogen) atoms. The largest absolute Gasteiger partial charge is 0.462 e. The van der Waals surface area contributed by atoms with Crippen molar-refractivity contribution in [3.05, 3.63) is 114 Å². The number of furan rings is 1. The fraction of sp³-hybridized carbons (Fsp3) is 0.235. The van der Waals surface area contributed by atoms with Gasteiger partial charge in [0.05, 0.1) is 29.5 Å². The molecule has 9 heteroatoms. The summed E-state index contributed by atoms with van der Waals surface area (Å²) in [6.07, 6.45) is 2.72. The van der Waals surface area contributed by atoms with Crippen LogP contribution >= 0.6 is 0 Å². The van der Waals surface area contributed by atoms with E-state index in [0.29, 0.717) is 54.8 Å². The van der Waals surface area contributed by atoms with E-state index in [2.05, 4.69) is 34.6 Å². The third-order valence-corrected chi connectivity index (χ3v) is 7.71. The standard InChI is InChI=1S/C34H32N4O5/c1-2-42-34(41)26-14-15-28-29(21-26)38(22-23-10-12-25(13-11-23)24-7-4-3-5-8-24)31(36-28)32(39)35-27-16-18-37(19-17-27)33(40)30-9-6-20-43-30/h3-15,20-21,27H,2,16-19,22H2,1H3,(H,35,39). The van der Waals surface area contributed by atoms with Gasteiger partial charge in [-0.2, -0.15) is 0 Å². The van der Waals surface area contributed by atoms with Gasteiger partial charge in [-0.05, 0) is 66.8 Å². The second-order valence-electron chi connectivity index (χ2n) is 10.5. The molecule has 2 amide bonds. The zero-order chi connectivity index (χ0) is 29.8. The molecule has 218 valence electrons. The van der Waals surface area contributed by atoms with E-state index in [1.54, 1.807) is 42.2 Å². The third kappa shape index (κ3) is 6.06. The molecule has 1 saturated heterocycles. The van der Waals surface area contributed by atoms with Crippen molar-refractivity contribution in [2.45, 2.75) is 32.4 Å². The number of likely N-dealkylation sites (tertiary alicyclic amines) is 1. The highest BCUT2D eigenvalue weighted by atomic mass is 16.5. The Balaban J connectivity index is 1.24. The van der Waals surface area contributed by atoms with Crippen LogP contribution in [0.2, 0.25) is 0 Å². The number of hydrogen-bond donors (Lipinski definition) is 1. The van der Waals surface area contributed by atoms with Crippen LogP contribution in [0.5, 0.6) is 0 Å². The number of piperidine rings is 1. The minimum Gasteiger partial charge on any atom is -0.462 e. The summed E-state index contributed by atoms with van der Waals surface area (Å²) < 4.78 is 12.3. The van der Waals surface area contributed by atoms with E-state index in [9.17, 15) is 14.4 Å². The molecule has 0 bridgehead atoms. The summed E-state index contributed by atoms with van der Waals surface area (Å²) in [7, 11) is 0. The summed E-state index contributed by atoms with van der Waals surface area (Å²) in [5.74, 6) is -0.295. The number of hydrogen-bond acceptors (Lipinski definition) is 6. The topological polar surface area (TPSA) is 107 Å². The lowest BCUT2D eigenvalue weighted by Gasteiger charge is -2.31. The highest BCUT2D eigenvalue weighted by molar-refractivity contribution is 5.98. The first-order valence-electron chi connectivity index (χ1n) is 14.5. The van der Waals surface area contributed by atoms with Crippen molar-refractivity contribution in [3.8, 4) is 11.1 Å². The normalized spacial score (nSPS) is 13.7. The van der Waals surface area contributed by atoms with E-state index in [-0.39, 0.29) is 30.3 Å². The molecule has 2 aromatic heterocycles. The number of amides is 2. The predicted molar refractivity (Wildman–Crippen MR) is 162 cm³/mol. The second kappa shape index (κ2) is 12.4. The van der Waals surface area contributed by atoms with Crippen molar-refractivity contribution in [2.24, 2.45) is 0 Å². The van der Waals surface area contributed by atoms with Crippen LogP contribution in [0.4, 0.5) is 0 Å². The molecular formula is C34H32N4O5. The minimum absolute atomic E-state index is 0.110. The number of rotatable bonds is 8. The predicted octanol–water partition coefficient (Wildman–Crippen LogP) is 5.56. The average Bonchev–Trinajstić information content (AvgIpc) is 3.71. The molecule has 0 unspecified atom stereocenters. The quantitative estimate of drug-likeness (QED) is 0.243. The number of carbonyl (C=O) groups is 3. The van der Waals surface area contributed by atoms with Crippen LogP contribution in [0.1, 0.15) is 56.9 Å². The fourth-order valence-electron chi connectivity index (χ4n) is 5.45. The second-order valence-corrected chi connectivity index (χ2v) is 10.5. The van der Waals surface area contributed by atoms with Crippen LogP contribution in [-0.2, 0) is 11.3 Å². The highest BCUT2D eigenvalue weighted by Crippen LogP contribution is 2.24. The van der Waals surface area contributed by atoms with Gasteiger partial charge in [-0.3, -0.25) is 9.59 Å². The monoisotopic (exact) mass is 576 g/mol. The van der Waals surface area contributed by atoms with Gasteiger partial charge in [0.15, 0.2) is 11.6 Å². The Kier molecular flexibility index (Phi) is 8.04. The summed E-state index contributed by atoms with van der Waals surface area (Å²) >= 11 is 0. The van der Waals surface area contributed by atoms with Gasteiger partial charge >= 0.3 is 5.97 Å². The molecule has 0 radical (unpaired) electrons. The first-order valence-corrected chi connectivity index (χ1v) is 14.5.